The Morgan fingerprint density at radius 1 is 1.00 bits per heavy atom. The minimum absolute atomic E-state index is 0.0697. The van der Waals surface area contributed by atoms with Gasteiger partial charge in [0.25, 0.3) is 5.91 Å². The van der Waals surface area contributed by atoms with Crippen molar-refractivity contribution in [1.82, 2.24) is 5.32 Å². The highest BCUT2D eigenvalue weighted by atomic mass is 32.2. The Kier molecular flexibility index (Phi) is 7.89. The number of carbonyl (C=O) groups excluding carboxylic acids is 2. The number of hydrogen-bond acceptors (Lipinski definition) is 6. The molecule has 180 valence electrons. The lowest BCUT2D eigenvalue weighted by atomic mass is 9.82. The summed E-state index contributed by atoms with van der Waals surface area (Å²) >= 11 is 1.26. The molecule has 1 aliphatic rings. The van der Waals surface area contributed by atoms with Crippen LogP contribution in [-0.4, -0.2) is 24.6 Å². The number of ether oxygens (including phenoxy) is 1. The Labute approximate surface area is 214 Å². The lowest BCUT2D eigenvalue weighted by molar-refractivity contribution is -0.113. The fraction of sp³-hybridized carbons (Fsp3) is 0.138. The first-order chi connectivity index (χ1) is 17.5. The number of benzene rings is 3. The number of nitriles is 1. The van der Waals surface area contributed by atoms with Gasteiger partial charge in [0.05, 0.1) is 35.5 Å². The van der Waals surface area contributed by atoms with Crippen molar-refractivity contribution < 1.29 is 14.3 Å². The van der Waals surface area contributed by atoms with Gasteiger partial charge in [0.1, 0.15) is 5.75 Å². The highest BCUT2D eigenvalue weighted by Gasteiger charge is 2.34. The number of carbonyl (C=O) groups is 2. The maximum absolute atomic E-state index is 13.4. The quantitative estimate of drug-likeness (QED) is 0.393. The molecule has 3 aromatic carbocycles. The van der Waals surface area contributed by atoms with E-state index in [1.54, 1.807) is 31.4 Å². The van der Waals surface area contributed by atoms with Gasteiger partial charge in [0.2, 0.25) is 0 Å². The summed E-state index contributed by atoms with van der Waals surface area (Å²) in [7, 11) is 1.57. The van der Waals surface area contributed by atoms with Crippen LogP contribution in [0.1, 0.15) is 28.8 Å². The molecule has 0 saturated carbocycles. The highest BCUT2D eigenvalue weighted by Crippen LogP contribution is 2.41. The van der Waals surface area contributed by atoms with Crippen LogP contribution in [0.5, 0.6) is 5.75 Å². The van der Waals surface area contributed by atoms with Crippen molar-refractivity contribution in [3.63, 3.8) is 0 Å². The summed E-state index contributed by atoms with van der Waals surface area (Å²) in [5.74, 6) is -0.110. The van der Waals surface area contributed by atoms with Crippen LogP contribution in [0.25, 0.3) is 0 Å². The van der Waals surface area contributed by atoms with Crippen LogP contribution in [0.15, 0.2) is 107 Å². The summed E-state index contributed by atoms with van der Waals surface area (Å²) in [6.45, 7) is 1.82. The Balaban J connectivity index is 1.63. The van der Waals surface area contributed by atoms with E-state index in [2.05, 4.69) is 16.7 Å². The number of dihydropyridines is 1. The van der Waals surface area contributed by atoms with Crippen molar-refractivity contribution in [2.24, 2.45) is 0 Å². The number of amides is 1. The monoisotopic (exact) mass is 495 g/mol. The number of para-hydroxylation sites is 1. The number of anilines is 1. The van der Waals surface area contributed by atoms with E-state index in [1.165, 1.54) is 11.8 Å². The van der Waals surface area contributed by atoms with Crippen LogP contribution < -0.4 is 15.4 Å². The zero-order valence-electron chi connectivity index (χ0n) is 19.9. The number of ketones is 1. The van der Waals surface area contributed by atoms with E-state index in [0.29, 0.717) is 38.9 Å². The molecule has 0 radical (unpaired) electrons. The van der Waals surface area contributed by atoms with Gasteiger partial charge >= 0.3 is 0 Å². The SMILES string of the molecule is COc1ccc(C(=O)CSC2=C(C#N)[C@H](c3ccccc3)C(C(=O)Nc3ccccc3)=C(C)N2)cc1. The lowest BCUT2D eigenvalue weighted by Gasteiger charge is -2.30. The van der Waals surface area contributed by atoms with E-state index < -0.39 is 5.92 Å². The molecule has 0 aliphatic carbocycles. The molecule has 3 aromatic rings. The van der Waals surface area contributed by atoms with E-state index in [0.717, 1.165) is 5.56 Å². The molecule has 7 heteroatoms. The molecule has 1 heterocycles. The van der Waals surface area contributed by atoms with E-state index >= 15 is 0 Å². The van der Waals surface area contributed by atoms with Gasteiger partial charge in [-0.25, -0.2) is 0 Å². The molecule has 0 saturated heterocycles. The lowest BCUT2D eigenvalue weighted by Crippen LogP contribution is -2.31. The van der Waals surface area contributed by atoms with Crippen molar-refractivity contribution in [3.05, 3.63) is 118 Å². The predicted molar refractivity (Wildman–Crippen MR) is 143 cm³/mol. The van der Waals surface area contributed by atoms with E-state index in [1.807, 2.05) is 67.6 Å². The second-order valence-electron chi connectivity index (χ2n) is 8.12. The molecule has 4 rings (SSSR count). The average Bonchev–Trinajstić information content (AvgIpc) is 2.92. The number of nitrogens with one attached hydrogen (secondary N) is 2. The third-order valence-electron chi connectivity index (χ3n) is 5.82. The molecule has 0 bridgehead atoms. The molecule has 0 unspecified atom stereocenters. The first kappa shape index (κ1) is 24.8. The Morgan fingerprint density at radius 2 is 1.64 bits per heavy atom. The summed E-state index contributed by atoms with van der Waals surface area (Å²) in [5.41, 5.74) is 3.56. The topological polar surface area (TPSA) is 91.2 Å². The van der Waals surface area contributed by atoms with Gasteiger partial charge in [0, 0.05) is 22.5 Å². The standard InChI is InChI=1S/C29H25N3O3S/c1-19-26(28(34)32-22-11-7-4-8-12-22)27(21-9-5-3-6-10-21)24(17-30)29(31-19)36-18-25(33)20-13-15-23(35-2)16-14-20/h3-16,27,31H,18H2,1-2H3,(H,32,34)/t27-/m0/s1. The largest absolute Gasteiger partial charge is 0.497 e. The summed E-state index contributed by atoms with van der Waals surface area (Å²) in [5, 5.41) is 16.9. The van der Waals surface area contributed by atoms with Gasteiger partial charge in [-0.3, -0.25) is 9.59 Å². The van der Waals surface area contributed by atoms with Crippen molar-refractivity contribution in [2.45, 2.75) is 12.8 Å². The molecule has 0 spiro atoms. The molecular formula is C29H25N3O3S. The van der Waals surface area contributed by atoms with Crippen LogP contribution in [-0.2, 0) is 4.79 Å². The minimum Gasteiger partial charge on any atom is -0.497 e. The third kappa shape index (κ3) is 5.51. The van der Waals surface area contributed by atoms with E-state index in [-0.39, 0.29) is 17.4 Å². The van der Waals surface area contributed by atoms with Crippen molar-refractivity contribution in [2.75, 3.05) is 18.2 Å². The van der Waals surface area contributed by atoms with Crippen LogP contribution in [0.4, 0.5) is 5.69 Å². The molecule has 36 heavy (non-hydrogen) atoms. The van der Waals surface area contributed by atoms with Crippen molar-refractivity contribution >= 4 is 29.1 Å². The van der Waals surface area contributed by atoms with Crippen LogP contribution in [0, 0.1) is 11.3 Å². The van der Waals surface area contributed by atoms with Crippen LogP contribution >= 0.6 is 11.8 Å². The minimum atomic E-state index is -0.570. The second-order valence-corrected chi connectivity index (χ2v) is 9.11. The van der Waals surface area contributed by atoms with Gasteiger partial charge in [-0.15, -0.1) is 0 Å². The number of thioether (sulfide) groups is 1. The Morgan fingerprint density at radius 3 is 2.25 bits per heavy atom. The third-order valence-corrected chi connectivity index (χ3v) is 6.83. The highest BCUT2D eigenvalue weighted by molar-refractivity contribution is 8.03. The molecule has 0 fully saturated rings. The van der Waals surface area contributed by atoms with Gasteiger partial charge < -0.3 is 15.4 Å². The zero-order chi connectivity index (χ0) is 25.5. The maximum atomic E-state index is 13.4. The number of Topliss-reactive ketones (excluding diaryl/α,β-unsaturated/α-hetero) is 1. The molecular weight excluding hydrogens is 470 g/mol. The van der Waals surface area contributed by atoms with Crippen LogP contribution in [0.2, 0.25) is 0 Å². The predicted octanol–water partition coefficient (Wildman–Crippen LogP) is 5.65. The van der Waals surface area contributed by atoms with Gasteiger partial charge in [-0.1, -0.05) is 60.3 Å². The summed E-state index contributed by atoms with van der Waals surface area (Å²) in [6, 6.07) is 27.9. The van der Waals surface area contributed by atoms with E-state index in [9.17, 15) is 14.9 Å². The van der Waals surface area contributed by atoms with Gasteiger partial charge in [-0.05, 0) is 48.9 Å². The first-order valence-corrected chi connectivity index (χ1v) is 12.3. The number of rotatable bonds is 8. The molecule has 6 nitrogen and oxygen atoms in total. The van der Waals surface area contributed by atoms with E-state index in [4.69, 9.17) is 4.74 Å². The first-order valence-electron chi connectivity index (χ1n) is 11.3. The average molecular weight is 496 g/mol. The normalized spacial score (nSPS) is 15.1. The number of hydrogen-bond donors (Lipinski definition) is 2. The number of methoxy groups -OCH3 is 1. The smallest absolute Gasteiger partial charge is 0.254 e. The fourth-order valence-corrected chi connectivity index (χ4v) is 5.01. The molecule has 1 aliphatic heterocycles. The fourth-order valence-electron chi connectivity index (χ4n) is 4.02. The Bertz CT molecular complexity index is 1360. The molecule has 2 N–H and O–H groups in total. The molecule has 1 atom stereocenters. The Hall–Kier alpha value is -4.28. The second kappa shape index (κ2) is 11.4. The number of allylic oxidation sites excluding steroid dienone is 2. The summed E-state index contributed by atoms with van der Waals surface area (Å²) < 4.78 is 5.16. The number of nitrogens with zero attached hydrogens (tertiary/aromatic N) is 1. The zero-order valence-corrected chi connectivity index (χ0v) is 20.8. The van der Waals surface area contributed by atoms with Crippen molar-refractivity contribution in [1.29, 1.82) is 5.26 Å². The molecule has 0 aromatic heterocycles. The summed E-state index contributed by atoms with van der Waals surface area (Å²) in [6.07, 6.45) is 0. The van der Waals surface area contributed by atoms with Crippen LogP contribution in [0.3, 0.4) is 0 Å². The van der Waals surface area contributed by atoms with Gasteiger partial charge in [-0.2, -0.15) is 5.26 Å². The van der Waals surface area contributed by atoms with Crippen molar-refractivity contribution in [3.8, 4) is 11.8 Å². The molecule has 1 amide bonds. The maximum Gasteiger partial charge on any atom is 0.254 e. The summed E-state index contributed by atoms with van der Waals surface area (Å²) in [4.78, 5) is 26.2. The van der Waals surface area contributed by atoms with Gasteiger partial charge in [0.15, 0.2) is 5.78 Å².